The van der Waals surface area contributed by atoms with E-state index in [2.05, 4.69) is 31.0 Å². The van der Waals surface area contributed by atoms with Gasteiger partial charge in [-0.2, -0.15) is 0 Å². The molecule has 1 N–H and O–H groups in total. The van der Waals surface area contributed by atoms with Crippen molar-refractivity contribution in [1.29, 1.82) is 0 Å². The molecule has 0 spiro atoms. The summed E-state index contributed by atoms with van der Waals surface area (Å²) in [5, 5.41) is 3.55. The van der Waals surface area contributed by atoms with Gasteiger partial charge in [-0.3, -0.25) is 0 Å². The molecule has 2 aliphatic heterocycles. The van der Waals surface area contributed by atoms with Gasteiger partial charge < -0.3 is 15.0 Å². The molecule has 17 heavy (non-hydrogen) atoms. The Morgan fingerprint density at radius 3 is 2.76 bits per heavy atom. The molecule has 2 rings (SSSR count). The maximum Gasteiger partial charge on any atom is 0.0623 e. The lowest BCUT2D eigenvalue weighted by Crippen LogP contribution is -2.45. The van der Waals surface area contributed by atoms with E-state index in [-0.39, 0.29) is 0 Å². The standard InChI is InChI=1S/C14H28N2O/c1-4-15-14-10-17-9-13(14)8-16-6-5-11(2)12(3)7-16/h11-15H,4-10H2,1-3H3. The largest absolute Gasteiger partial charge is 0.379 e. The van der Waals surface area contributed by atoms with E-state index in [1.165, 1.54) is 26.1 Å². The maximum absolute atomic E-state index is 5.62. The van der Waals surface area contributed by atoms with E-state index in [9.17, 15) is 0 Å². The van der Waals surface area contributed by atoms with Crippen molar-refractivity contribution in [2.24, 2.45) is 17.8 Å². The summed E-state index contributed by atoms with van der Waals surface area (Å²) in [4.78, 5) is 2.65. The van der Waals surface area contributed by atoms with Crippen LogP contribution in [0.5, 0.6) is 0 Å². The van der Waals surface area contributed by atoms with E-state index in [1.807, 2.05) is 0 Å². The Balaban J connectivity index is 1.80. The minimum Gasteiger partial charge on any atom is -0.379 e. The molecule has 2 saturated heterocycles. The molecule has 4 atom stereocenters. The van der Waals surface area contributed by atoms with Crippen LogP contribution >= 0.6 is 0 Å². The third-order valence-corrected chi connectivity index (χ3v) is 4.58. The summed E-state index contributed by atoms with van der Waals surface area (Å²) in [6, 6.07) is 0.578. The molecule has 0 aromatic carbocycles. The predicted molar refractivity (Wildman–Crippen MR) is 71.2 cm³/mol. The van der Waals surface area contributed by atoms with Gasteiger partial charge in [-0.05, 0) is 31.3 Å². The molecule has 0 aromatic heterocycles. The average molecular weight is 240 g/mol. The molecule has 2 heterocycles. The first-order chi connectivity index (χ1) is 8.20. The molecule has 0 aliphatic carbocycles. The summed E-state index contributed by atoms with van der Waals surface area (Å²) >= 11 is 0. The van der Waals surface area contributed by atoms with E-state index >= 15 is 0 Å². The van der Waals surface area contributed by atoms with Gasteiger partial charge in [0.25, 0.3) is 0 Å². The van der Waals surface area contributed by atoms with Crippen LogP contribution < -0.4 is 5.32 Å². The zero-order valence-corrected chi connectivity index (χ0v) is 11.6. The normalized spacial score (nSPS) is 39.7. The van der Waals surface area contributed by atoms with Crippen molar-refractivity contribution in [1.82, 2.24) is 10.2 Å². The molecule has 2 aliphatic rings. The quantitative estimate of drug-likeness (QED) is 0.807. The smallest absolute Gasteiger partial charge is 0.0623 e. The van der Waals surface area contributed by atoms with Crippen LogP contribution in [0.15, 0.2) is 0 Å². The lowest BCUT2D eigenvalue weighted by atomic mass is 9.88. The summed E-state index contributed by atoms with van der Waals surface area (Å²) in [7, 11) is 0. The van der Waals surface area contributed by atoms with Gasteiger partial charge in [0.2, 0.25) is 0 Å². The Bertz CT molecular complexity index is 234. The highest BCUT2D eigenvalue weighted by molar-refractivity contribution is 4.85. The molecule has 4 unspecified atom stereocenters. The topological polar surface area (TPSA) is 24.5 Å². The summed E-state index contributed by atoms with van der Waals surface area (Å²) in [5.74, 6) is 2.44. The Kier molecular flexibility index (Phi) is 4.83. The first-order valence-electron chi connectivity index (χ1n) is 7.24. The minimum absolute atomic E-state index is 0.578. The Morgan fingerprint density at radius 2 is 2.06 bits per heavy atom. The Hall–Kier alpha value is -0.120. The number of nitrogens with one attached hydrogen (secondary N) is 1. The summed E-state index contributed by atoms with van der Waals surface area (Å²) < 4.78 is 5.62. The SMILES string of the molecule is CCNC1COCC1CN1CCC(C)C(C)C1. The van der Waals surface area contributed by atoms with E-state index < -0.39 is 0 Å². The number of likely N-dealkylation sites (tertiary alicyclic amines) is 1. The summed E-state index contributed by atoms with van der Waals surface area (Å²) in [5.41, 5.74) is 0. The average Bonchev–Trinajstić information content (AvgIpc) is 2.72. The summed E-state index contributed by atoms with van der Waals surface area (Å²) in [6.07, 6.45) is 1.36. The second-order valence-electron chi connectivity index (χ2n) is 5.96. The lowest BCUT2D eigenvalue weighted by Gasteiger charge is -2.37. The molecular weight excluding hydrogens is 212 g/mol. The molecule has 0 radical (unpaired) electrons. The second-order valence-corrected chi connectivity index (χ2v) is 5.96. The predicted octanol–water partition coefficient (Wildman–Crippen LogP) is 1.59. The van der Waals surface area contributed by atoms with Gasteiger partial charge in [0.15, 0.2) is 0 Å². The van der Waals surface area contributed by atoms with Crippen LogP contribution in [0.25, 0.3) is 0 Å². The number of rotatable bonds is 4. The second kappa shape index (κ2) is 6.17. The van der Waals surface area contributed by atoms with Gasteiger partial charge in [-0.1, -0.05) is 20.8 Å². The Labute approximate surface area is 106 Å². The van der Waals surface area contributed by atoms with Crippen molar-refractivity contribution in [3.05, 3.63) is 0 Å². The van der Waals surface area contributed by atoms with Crippen molar-refractivity contribution >= 4 is 0 Å². The van der Waals surface area contributed by atoms with Gasteiger partial charge in [0.1, 0.15) is 0 Å². The first-order valence-corrected chi connectivity index (χ1v) is 7.24. The monoisotopic (exact) mass is 240 g/mol. The molecular formula is C14H28N2O. The minimum atomic E-state index is 0.578. The van der Waals surface area contributed by atoms with Gasteiger partial charge in [-0.15, -0.1) is 0 Å². The number of piperidine rings is 1. The Morgan fingerprint density at radius 1 is 1.24 bits per heavy atom. The maximum atomic E-state index is 5.62. The van der Waals surface area contributed by atoms with Crippen molar-refractivity contribution in [2.45, 2.75) is 33.2 Å². The van der Waals surface area contributed by atoms with Crippen LogP contribution in [-0.4, -0.2) is 50.3 Å². The number of likely N-dealkylation sites (N-methyl/N-ethyl adjacent to an activating group) is 1. The zero-order valence-electron chi connectivity index (χ0n) is 11.6. The van der Waals surface area contributed by atoms with Crippen LogP contribution in [0.3, 0.4) is 0 Å². The molecule has 0 saturated carbocycles. The number of hydrogen-bond acceptors (Lipinski definition) is 3. The fraction of sp³-hybridized carbons (Fsp3) is 1.00. The van der Waals surface area contributed by atoms with Crippen LogP contribution in [-0.2, 0) is 4.74 Å². The molecule has 0 aromatic rings. The van der Waals surface area contributed by atoms with Crippen LogP contribution in [0, 0.1) is 17.8 Å². The molecule has 0 bridgehead atoms. The van der Waals surface area contributed by atoms with Gasteiger partial charge in [-0.25, -0.2) is 0 Å². The van der Waals surface area contributed by atoms with Crippen molar-refractivity contribution in [3.63, 3.8) is 0 Å². The first kappa shape index (κ1) is 13.3. The molecule has 3 nitrogen and oxygen atoms in total. The zero-order chi connectivity index (χ0) is 12.3. The molecule has 100 valence electrons. The highest BCUT2D eigenvalue weighted by Gasteiger charge is 2.31. The van der Waals surface area contributed by atoms with Crippen molar-refractivity contribution in [3.8, 4) is 0 Å². The van der Waals surface area contributed by atoms with Crippen LogP contribution in [0.4, 0.5) is 0 Å². The molecule has 0 amide bonds. The lowest BCUT2D eigenvalue weighted by molar-refractivity contribution is 0.110. The third kappa shape index (κ3) is 3.43. The van der Waals surface area contributed by atoms with Gasteiger partial charge in [0.05, 0.1) is 13.2 Å². The number of ether oxygens (including phenoxy) is 1. The van der Waals surface area contributed by atoms with Crippen molar-refractivity contribution < 1.29 is 4.74 Å². The van der Waals surface area contributed by atoms with E-state index in [4.69, 9.17) is 4.74 Å². The highest BCUT2D eigenvalue weighted by atomic mass is 16.5. The van der Waals surface area contributed by atoms with Gasteiger partial charge >= 0.3 is 0 Å². The number of nitrogens with zero attached hydrogens (tertiary/aromatic N) is 1. The highest BCUT2D eigenvalue weighted by Crippen LogP contribution is 2.24. The fourth-order valence-electron chi connectivity index (χ4n) is 3.11. The molecule has 3 heteroatoms. The third-order valence-electron chi connectivity index (χ3n) is 4.58. The van der Waals surface area contributed by atoms with Gasteiger partial charge in [0, 0.05) is 25.0 Å². The van der Waals surface area contributed by atoms with Crippen LogP contribution in [0.1, 0.15) is 27.2 Å². The van der Waals surface area contributed by atoms with E-state index in [0.29, 0.717) is 12.0 Å². The van der Waals surface area contributed by atoms with E-state index in [1.54, 1.807) is 0 Å². The summed E-state index contributed by atoms with van der Waals surface area (Å²) in [6.45, 7) is 13.6. The van der Waals surface area contributed by atoms with E-state index in [0.717, 1.165) is 31.6 Å². The molecule has 2 fully saturated rings. The fourth-order valence-corrected chi connectivity index (χ4v) is 3.11. The van der Waals surface area contributed by atoms with Crippen LogP contribution in [0.2, 0.25) is 0 Å². The number of hydrogen-bond donors (Lipinski definition) is 1. The van der Waals surface area contributed by atoms with Crippen molar-refractivity contribution in [2.75, 3.05) is 39.4 Å².